The predicted molar refractivity (Wildman–Crippen MR) is 58.4 cm³/mol. The first kappa shape index (κ1) is 10.3. The first-order valence-corrected chi connectivity index (χ1v) is 5.57. The van der Waals surface area contributed by atoms with Crippen LogP contribution >= 0.6 is 0 Å². The summed E-state index contributed by atoms with van der Waals surface area (Å²) in [6.45, 7) is 0.933. The van der Waals surface area contributed by atoms with Crippen molar-refractivity contribution in [1.82, 2.24) is 10.6 Å². The number of nitrogens with one attached hydrogen (secondary N) is 2. The van der Waals surface area contributed by atoms with Crippen LogP contribution in [0.5, 0.6) is 0 Å². The second kappa shape index (κ2) is 4.51. The van der Waals surface area contributed by atoms with E-state index in [4.69, 9.17) is 5.73 Å². The summed E-state index contributed by atoms with van der Waals surface area (Å²) in [6.07, 6.45) is 4.80. The molecule has 0 radical (unpaired) electrons. The third kappa shape index (κ3) is 4.18. The van der Waals surface area contributed by atoms with Gasteiger partial charge in [-0.25, -0.2) is 4.99 Å². The van der Waals surface area contributed by atoms with Gasteiger partial charge in [-0.2, -0.15) is 0 Å². The lowest BCUT2D eigenvalue weighted by atomic mass is 10.4. The molecule has 0 heterocycles. The van der Waals surface area contributed by atoms with Crippen LogP contribution in [0, 0.1) is 5.92 Å². The van der Waals surface area contributed by atoms with E-state index >= 15 is 0 Å². The lowest BCUT2D eigenvalue weighted by Gasteiger charge is -2.04. The Morgan fingerprint density at radius 3 is 2.67 bits per heavy atom. The van der Waals surface area contributed by atoms with Crippen molar-refractivity contribution in [2.45, 2.75) is 31.7 Å². The number of nitrogens with two attached hydrogens (primary N) is 1. The first-order chi connectivity index (χ1) is 7.24. The first-order valence-electron chi connectivity index (χ1n) is 5.57. The maximum absolute atomic E-state index is 11.3. The summed E-state index contributed by atoms with van der Waals surface area (Å²) < 4.78 is 0. The van der Waals surface area contributed by atoms with Gasteiger partial charge < -0.3 is 16.4 Å². The van der Waals surface area contributed by atoms with Crippen LogP contribution in [0.15, 0.2) is 4.99 Å². The average molecular weight is 210 g/mol. The van der Waals surface area contributed by atoms with E-state index in [1.165, 1.54) is 12.8 Å². The minimum atomic E-state index is -0.0394. The molecule has 0 spiro atoms. The molecule has 0 aromatic rings. The number of hydrogen-bond donors (Lipinski definition) is 3. The van der Waals surface area contributed by atoms with Crippen LogP contribution in [0.25, 0.3) is 0 Å². The smallest absolute Gasteiger partial charge is 0.241 e. The Morgan fingerprint density at radius 2 is 2.07 bits per heavy atom. The summed E-state index contributed by atoms with van der Waals surface area (Å²) in [5.41, 5.74) is 5.59. The molecule has 2 aliphatic rings. The Labute approximate surface area is 89.5 Å². The molecule has 2 saturated carbocycles. The molecular formula is C10H18N4O. The maximum atomic E-state index is 11.3. The lowest BCUT2D eigenvalue weighted by Crippen LogP contribution is -2.35. The quantitative estimate of drug-likeness (QED) is 0.426. The van der Waals surface area contributed by atoms with Crippen LogP contribution in [0.2, 0.25) is 0 Å². The molecule has 84 valence electrons. The van der Waals surface area contributed by atoms with Gasteiger partial charge in [0, 0.05) is 12.6 Å². The molecular weight excluding hydrogens is 192 g/mol. The summed E-state index contributed by atoms with van der Waals surface area (Å²) in [7, 11) is 0. The largest absolute Gasteiger partial charge is 0.370 e. The summed E-state index contributed by atoms with van der Waals surface area (Å²) >= 11 is 0. The van der Waals surface area contributed by atoms with E-state index in [9.17, 15) is 4.79 Å². The van der Waals surface area contributed by atoms with Crippen LogP contribution < -0.4 is 16.4 Å². The topological polar surface area (TPSA) is 79.5 Å². The van der Waals surface area contributed by atoms with Crippen molar-refractivity contribution in [2.75, 3.05) is 13.1 Å². The zero-order valence-corrected chi connectivity index (χ0v) is 8.83. The highest BCUT2D eigenvalue weighted by Crippen LogP contribution is 2.27. The molecule has 0 unspecified atom stereocenters. The van der Waals surface area contributed by atoms with Gasteiger partial charge in [0.2, 0.25) is 5.91 Å². The molecule has 0 atom stereocenters. The fourth-order valence-corrected chi connectivity index (χ4v) is 1.28. The molecule has 0 aromatic carbocycles. The molecule has 2 fully saturated rings. The molecule has 1 amide bonds. The lowest BCUT2D eigenvalue weighted by molar-refractivity contribution is -0.119. The van der Waals surface area contributed by atoms with E-state index in [0.717, 1.165) is 19.4 Å². The Bertz CT molecular complexity index is 269. The summed E-state index contributed by atoms with van der Waals surface area (Å²) in [4.78, 5) is 15.3. The van der Waals surface area contributed by atoms with Gasteiger partial charge in [0.25, 0.3) is 0 Å². The number of rotatable bonds is 5. The summed E-state index contributed by atoms with van der Waals surface area (Å²) in [5.74, 6) is 1.06. The molecule has 0 bridgehead atoms. The Morgan fingerprint density at radius 1 is 1.33 bits per heavy atom. The molecule has 15 heavy (non-hydrogen) atoms. The molecule has 4 N–H and O–H groups in total. The average Bonchev–Trinajstić information content (AvgIpc) is 3.04. The summed E-state index contributed by atoms with van der Waals surface area (Å²) in [6, 6.07) is 0.489. The molecule has 2 aliphatic carbocycles. The number of amides is 1. The SMILES string of the molecule is NC(=NCC(=O)NCC1CC1)NC1CC1. The van der Waals surface area contributed by atoms with Gasteiger partial charge in [0.1, 0.15) is 6.54 Å². The number of hydrogen-bond acceptors (Lipinski definition) is 2. The molecule has 2 rings (SSSR count). The van der Waals surface area contributed by atoms with Crippen molar-refractivity contribution in [1.29, 1.82) is 0 Å². The monoisotopic (exact) mass is 210 g/mol. The van der Waals surface area contributed by atoms with Gasteiger partial charge in [-0.3, -0.25) is 4.79 Å². The van der Waals surface area contributed by atoms with Crippen LogP contribution in [0.4, 0.5) is 0 Å². The second-order valence-corrected chi connectivity index (χ2v) is 4.37. The van der Waals surface area contributed by atoms with E-state index in [1.807, 2.05) is 0 Å². The van der Waals surface area contributed by atoms with Gasteiger partial charge in [-0.1, -0.05) is 0 Å². The predicted octanol–water partition coefficient (Wildman–Crippen LogP) is -0.421. The van der Waals surface area contributed by atoms with E-state index in [0.29, 0.717) is 17.9 Å². The van der Waals surface area contributed by atoms with Crippen molar-refractivity contribution >= 4 is 11.9 Å². The van der Waals surface area contributed by atoms with Gasteiger partial charge >= 0.3 is 0 Å². The molecule has 0 aliphatic heterocycles. The van der Waals surface area contributed by atoms with E-state index in [2.05, 4.69) is 15.6 Å². The van der Waals surface area contributed by atoms with E-state index < -0.39 is 0 Å². The Hall–Kier alpha value is -1.26. The Balaban J connectivity index is 1.58. The normalized spacial score (nSPS) is 21.2. The fraction of sp³-hybridized carbons (Fsp3) is 0.800. The molecule has 5 nitrogen and oxygen atoms in total. The second-order valence-electron chi connectivity index (χ2n) is 4.37. The van der Waals surface area contributed by atoms with Crippen LogP contribution in [-0.4, -0.2) is 31.0 Å². The van der Waals surface area contributed by atoms with Gasteiger partial charge in [0.15, 0.2) is 5.96 Å². The van der Waals surface area contributed by atoms with Crippen molar-refractivity contribution in [2.24, 2.45) is 16.6 Å². The van der Waals surface area contributed by atoms with Gasteiger partial charge in [0.05, 0.1) is 0 Å². The molecule has 0 aromatic heterocycles. The number of carbonyl (C=O) groups is 1. The zero-order valence-electron chi connectivity index (χ0n) is 8.83. The minimum absolute atomic E-state index is 0.0394. The number of aliphatic imine (C=N–C) groups is 1. The zero-order chi connectivity index (χ0) is 10.7. The van der Waals surface area contributed by atoms with Crippen LogP contribution in [0.1, 0.15) is 25.7 Å². The van der Waals surface area contributed by atoms with Crippen molar-refractivity contribution < 1.29 is 4.79 Å². The highest BCUT2D eigenvalue weighted by atomic mass is 16.1. The summed E-state index contributed by atoms with van der Waals surface area (Å²) in [5, 5.41) is 5.87. The third-order valence-corrected chi connectivity index (χ3v) is 2.61. The van der Waals surface area contributed by atoms with E-state index in [-0.39, 0.29) is 12.5 Å². The van der Waals surface area contributed by atoms with Gasteiger partial charge in [-0.05, 0) is 31.6 Å². The van der Waals surface area contributed by atoms with Crippen molar-refractivity contribution in [3.8, 4) is 0 Å². The van der Waals surface area contributed by atoms with Crippen molar-refractivity contribution in [3.05, 3.63) is 0 Å². The molecule has 0 saturated heterocycles. The van der Waals surface area contributed by atoms with Crippen LogP contribution in [0.3, 0.4) is 0 Å². The minimum Gasteiger partial charge on any atom is -0.370 e. The number of nitrogens with zero attached hydrogens (tertiary/aromatic N) is 1. The standard InChI is InChI=1S/C10H18N4O/c11-10(14-8-3-4-8)13-6-9(15)12-5-7-1-2-7/h7-8H,1-6H2,(H,12,15)(H3,11,13,14). The molecule has 5 heteroatoms. The number of guanidine groups is 1. The number of carbonyl (C=O) groups excluding carboxylic acids is 1. The highest BCUT2D eigenvalue weighted by molar-refractivity contribution is 5.84. The Kier molecular flexibility index (Phi) is 3.08. The third-order valence-electron chi connectivity index (χ3n) is 2.61. The van der Waals surface area contributed by atoms with Gasteiger partial charge in [-0.15, -0.1) is 0 Å². The van der Waals surface area contributed by atoms with Crippen molar-refractivity contribution in [3.63, 3.8) is 0 Å². The van der Waals surface area contributed by atoms with Crippen LogP contribution in [-0.2, 0) is 4.79 Å². The van der Waals surface area contributed by atoms with E-state index in [1.54, 1.807) is 0 Å². The maximum Gasteiger partial charge on any atom is 0.241 e. The highest BCUT2D eigenvalue weighted by Gasteiger charge is 2.22. The fourth-order valence-electron chi connectivity index (χ4n) is 1.28.